The highest BCUT2D eigenvalue weighted by molar-refractivity contribution is 5.51. The van der Waals surface area contributed by atoms with Crippen LogP contribution in [0.5, 0.6) is 5.75 Å². The fourth-order valence-corrected chi connectivity index (χ4v) is 2.21. The third-order valence-electron chi connectivity index (χ3n) is 3.21. The van der Waals surface area contributed by atoms with Gasteiger partial charge in [-0.15, -0.1) is 0 Å². The van der Waals surface area contributed by atoms with Crippen LogP contribution in [-0.2, 0) is 10.2 Å². The molecule has 0 radical (unpaired) electrons. The van der Waals surface area contributed by atoms with Crippen LogP contribution in [0.1, 0.15) is 43.0 Å². The summed E-state index contributed by atoms with van der Waals surface area (Å²) in [4.78, 5) is 0. The predicted molar refractivity (Wildman–Crippen MR) is 71.9 cm³/mol. The van der Waals surface area contributed by atoms with Gasteiger partial charge in [-0.05, 0) is 48.9 Å². The Morgan fingerprint density at radius 1 is 1.06 bits per heavy atom. The minimum absolute atomic E-state index is 0.0750. The third kappa shape index (κ3) is 3.01. The zero-order chi connectivity index (χ0) is 13.2. The van der Waals surface area contributed by atoms with Gasteiger partial charge in [0, 0.05) is 12.7 Å². The van der Waals surface area contributed by atoms with E-state index < -0.39 is 0 Å². The summed E-state index contributed by atoms with van der Waals surface area (Å²) in [6.07, 6.45) is 0. The number of hydrogen-bond donors (Lipinski definition) is 0. The summed E-state index contributed by atoms with van der Waals surface area (Å²) >= 11 is 0. The summed E-state index contributed by atoms with van der Waals surface area (Å²) in [7, 11) is 1.64. The molecule has 0 aliphatic carbocycles. The van der Waals surface area contributed by atoms with Crippen molar-refractivity contribution in [1.29, 1.82) is 0 Å². The molecule has 0 aliphatic rings. The van der Waals surface area contributed by atoms with Crippen LogP contribution in [0.2, 0.25) is 0 Å². The van der Waals surface area contributed by atoms with Gasteiger partial charge >= 0.3 is 0 Å². The second-order valence-electron chi connectivity index (χ2n) is 5.62. The number of hydrogen-bond acceptors (Lipinski definition) is 2. The van der Waals surface area contributed by atoms with E-state index in [1.165, 1.54) is 22.3 Å². The molecule has 0 atom stereocenters. The SMILES string of the molecule is COCOc1cc(C)c(C)c(C)c1C(C)(C)C. The van der Waals surface area contributed by atoms with Gasteiger partial charge in [0.2, 0.25) is 0 Å². The molecule has 0 heterocycles. The minimum atomic E-state index is 0.0750. The summed E-state index contributed by atoms with van der Waals surface area (Å²) in [6.45, 7) is 13.4. The second-order valence-corrected chi connectivity index (χ2v) is 5.62. The molecule has 0 bridgehead atoms. The molecule has 2 heteroatoms. The molecule has 0 spiro atoms. The Hall–Kier alpha value is -1.02. The summed E-state index contributed by atoms with van der Waals surface area (Å²) in [6, 6.07) is 2.11. The quantitative estimate of drug-likeness (QED) is 0.741. The first kappa shape index (κ1) is 14.0. The van der Waals surface area contributed by atoms with Crippen molar-refractivity contribution in [2.45, 2.75) is 47.0 Å². The highest BCUT2D eigenvalue weighted by Crippen LogP contribution is 2.37. The van der Waals surface area contributed by atoms with E-state index in [9.17, 15) is 0 Å². The van der Waals surface area contributed by atoms with Crippen LogP contribution in [-0.4, -0.2) is 13.9 Å². The molecular weight excluding hydrogens is 212 g/mol. The molecule has 0 saturated carbocycles. The molecule has 0 N–H and O–H groups in total. The molecule has 0 amide bonds. The van der Waals surface area contributed by atoms with Gasteiger partial charge in [0.1, 0.15) is 5.75 Å². The van der Waals surface area contributed by atoms with E-state index in [-0.39, 0.29) is 5.41 Å². The van der Waals surface area contributed by atoms with Gasteiger partial charge in [-0.2, -0.15) is 0 Å². The Bertz CT molecular complexity index is 400. The molecule has 0 unspecified atom stereocenters. The molecule has 1 aromatic carbocycles. The molecule has 17 heavy (non-hydrogen) atoms. The summed E-state index contributed by atoms with van der Waals surface area (Å²) in [5.74, 6) is 0.944. The van der Waals surface area contributed by atoms with Crippen LogP contribution >= 0.6 is 0 Å². The average Bonchev–Trinajstić information content (AvgIpc) is 2.20. The smallest absolute Gasteiger partial charge is 0.188 e. The van der Waals surface area contributed by atoms with Crippen LogP contribution < -0.4 is 4.74 Å². The number of methoxy groups -OCH3 is 1. The van der Waals surface area contributed by atoms with Crippen molar-refractivity contribution in [3.05, 3.63) is 28.3 Å². The lowest BCUT2D eigenvalue weighted by atomic mass is 9.81. The highest BCUT2D eigenvalue weighted by atomic mass is 16.7. The third-order valence-corrected chi connectivity index (χ3v) is 3.21. The number of benzene rings is 1. The van der Waals surface area contributed by atoms with E-state index in [4.69, 9.17) is 9.47 Å². The Morgan fingerprint density at radius 3 is 2.12 bits per heavy atom. The summed E-state index contributed by atoms with van der Waals surface area (Å²) in [5.41, 5.74) is 5.29. The first-order valence-corrected chi connectivity index (χ1v) is 6.02. The Labute approximate surface area is 105 Å². The van der Waals surface area contributed by atoms with Gasteiger partial charge in [-0.3, -0.25) is 0 Å². The van der Waals surface area contributed by atoms with Gasteiger partial charge in [0.05, 0.1) is 0 Å². The predicted octanol–water partition coefficient (Wildman–Crippen LogP) is 3.89. The lowest BCUT2D eigenvalue weighted by Crippen LogP contribution is -2.17. The second kappa shape index (κ2) is 5.09. The van der Waals surface area contributed by atoms with Crippen molar-refractivity contribution in [2.24, 2.45) is 0 Å². The van der Waals surface area contributed by atoms with Crippen molar-refractivity contribution >= 4 is 0 Å². The fraction of sp³-hybridized carbons (Fsp3) is 0.600. The van der Waals surface area contributed by atoms with Crippen molar-refractivity contribution in [3.63, 3.8) is 0 Å². The summed E-state index contributed by atoms with van der Waals surface area (Å²) in [5, 5.41) is 0. The molecule has 0 aliphatic heterocycles. The number of rotatable bonds is 3. The Kier molecular flexibility index (Phi) is 4.21. The molecule has 96 valence electrons. The van der Waals surface area contributed by atoms with Gasteiger partial charge < -0.3 is 9.47 Å². The standard InChI is InChI=1S/C15H24O2/c1-10-8-13(17-9-16-7)14(15(4,5)6)12(3)11(10)2/h8H,9H2,1-7H3. The Morgan fingerprint density at radius 2 is 1.65 bits per heavy atom. The zero-order valence-corrected chi connectivity index (χ0v) is 12.1. The molecule has 1 aromatic rings. The highest BCUT2D eigenvalue weighted by Gasteiger charge is 2.23. The van der Waals surface area contributed by atoms with E-state index in [1.807, 2.05) is 0 Å². The normalized spacial score (nSPS) is 11.7. The zero-order valence-electron chi connectivity index (χ0n) is 12.1. The minimum Gasteiger partial charge on any atom is -0.467 e. The van der Waals surface area contributed by atoms with Crippen LogP contribution in [0, 0.1) is 20.8 Å². The van der Waals surface area contributed by atoms with E-state index in [0.29, 0.717) is 6.79 Å². The topological polar surface area (TPSA) is 18.5 Å². The van der Waals surface area contributed by atoms with E-state index in [1.54, 1.807) is 7.11 Å². The van der Waals surface area contributed by atoms with Crippen molar-refractivity contribution in [3.8, 4) is 5.75 Å². The number of ether oxygens (including phenoxy) is 2. The van der Waals surface area contributed by atoms with E-state index >= 15 is 0 Å². The van der Waals surface area contributed by atoms with Crippen LogP contribution in [0.15, 0.2) is 6.07 Å². The fourth-order valence-electron chi connectivity index (χ4n) is 2.21. The first-order valence-electron chi connectivity index (χ1n) is 6.02. The monoisotopic (exact) mass is 236 g/mol. The number of aryl methyl sites for hydroxylation is 1. The van der Waals surface area contributed by atoms with Crippen molar-refractivity contribution in [1.82, 2.24) is 0 Å². The van der Waals surface area contributed by atoms with Gasteiger partial charge in [-0.1, -0.05) is 20.8 Å². The van der Waals surface area contributed by atoms with E-state index in [0.717, 1.165) is 5.75 Å². The molecule has 2 nitrogen and oxygen atoms in total. The average molecular weight is 236 g/mol. The molecule has 0 aromatic heterocycles. The Balaban J connectivity index is 3.36. The van der Waals surface area contributed by atoms with Crippen LogP contribution in [0.3, 0.4) is 0 Å². The molecule has 0 fully saturated rings. The van der Waals surface area contributed by atoms with E-state index in [2.05, 4.69) is 47.6 Å². The maximum Gasteiger partial charge on any atom is 0.188 e. The van der Waals surface area contributed by atoms with Gasteiger partial charge in [0.15, 0.2) is 6.79 Å². The van der Waals surface area contributed by atoms with Gasteiger partial charge in [0.25, 0.3) is 0 Å². The largest absolute Gasteiger partial charge is 0.467 e. The van der Waals surface area contributed by atoms with Crippen LogP contribution in [0.4, 0.5) is 0 Å². The maximum absolute atomic E-state index is 5.71. The van der Waals surface area contributed by atoms with Crippen molar-refractivity contribution in [2.75, 3.05) is 13.9 Å². The lowest BCUT2D eigenvalue weighted by Gasteiger charge is -2.27. The van der Waals surface area contributed by atoms with Gasteiger partial charge in [-0.25, -0.2) is 0 Å². The molecule has 0 saturated heterocycles. The summed E-state index contributed by atoms with van der Waals surface area (Å²) < 4.78 is 10.7. The lowest BCUT2D eigenvalue weighted by molar-refractivity contribution is 0.0497. The van der Waals surface area contributed by atoms with Crippen LogP contribution in [0.25, 0.3) is 0 Å². The molecular formula is C15H24O2. The first-order chi connectivity index (χ1) is 7.79. The molecule has 1 rings (SSSR count). The maximum atomic E-state index is 5.71. The van der Waals surface area contributed by atoms with Crippen molar-refractivity contribution < 1.29 is 9.47 Å².